The predicted octanol–water partition coefficient (Wildman–Crippen LogP) is 2.03. The van der Waals surface area contributed by atoms with E-state index in [4.69, 9.17) is 0 Å². The molecule has 0 N–H and O–H groups in total. The van der Waals surface area contributed by atoms with E-state index >= 15 is 0 Å². The van der Waals surface area contributed by atoms with Crippen molar-refractivity contribution >= 4 is 28.5 Å². The molecule has 0 heterocycles. The third-order valence-corrected chi connectivity index (χ3v) is 3.01. The molecule has 6 rings (SSSR count). The molecular weight excluding hydrogens is 132 g/mol. The summed E-state index contributed by atoms with van der Waals surface area (Å²) in [4.78, 5) is 0. The zero-order valence-corrected chi connectivity index (χ0v) is 6.07. The van der Waals surface area contributed by atoms with Crippen LogP contribution in [0.4, 0.5) is 0 Å². The van der Waals surface area contributed by atoms with Gasteiger partial charge in [0, 0.05) is 0 Å². The number of allylic oxidation sites excluding steroid dienone is 2. The van der Waals surface area contributed by atoms with E-state index in [0.29, 0.717) is 0 Å². The average molecular weight is 138 g/mol. The third kappa shape index (κ3) is 0.275. The second-order valence-electron chi connectivity index (χ2n) is 3.53. The predicted molar refractivity (Wildman–Crippen MR) is 47.3 cm³/mol. The first-order valence-electron chi connectivity index (χ1n) is 3.97. The largest absolute Gasteiger partial charge is 0.0911 e. The van der Waals surface area contributed by atoms with Gasteiger partial charge in [-0.15, -0.1) is 0 Å². The molecule has 0 saturated carbocycles. The van der Waals surface area contributed by atoms with E-state index in [1.165, 1.54) is 22.4 Å². The first kappa shape index (κ1) is 4.55. The molecule has 0 aliphatic heterocycles. The molecule has 3 aliphatic rings. The van der Waals surface area contributed by atoms with E-state index in [0.717, 1.165) is 0 Å². The Hall–Kier alpha value is -1.30. The fourth-order valence-electron chi connectivity index (χ4n) is 2.45. The molecule has 0 atom stereocenters. The summed E-state index contributed by atoms with van der Waals surface area (Å²) < 4.78 is 0. The maximum atomic E-state index is 4.02. The summed E-state index contributed by atoms with van der Waals surface area (Å²) in [6.45, 7) is 4.02. The fraction of sp³-hybridized carbons (Fsp3) is 0.0909. The average Bonchev–Trinajstić information content (AvgIpc) is 2.57. The Kier molecular flexibility index (Phi) is 0.414. The number of fused-ring (bicyclic) bond motifs is 2. The lowest BCUT2D eigenvalue weighted by Crippen LogP contribution is -2.08. The van der Waals surface area contributed by atoms with Crippen molar-refractivity contribution in [2.24, 2.45) is 0 Å². The molecule has 50 valence electrons. The molecule has 0 spiro atoms. The molecule has 4 bridgehead atoms. The van der Waals surface area contributed by atoms with Gasteiger partial charge in [0.05, 0.1) is 0 Å². The van der Waals surface area contributed by atoms with Gasteiger partial charge in [0.1, 0.15) is 0 Å². The Labute approximate surface area is 64.2 Å². The summed E-state index contributed by atoms with van der Waals surface area (Å²) in [6.07, 6.45) is 1.28. The fourth-order valence-corrected chi connectivity index (χ4v) is 2.45. The summed E-state index contributed by atoms with van der Waals surface area (Å²) >= 11 is 0. The van der Waals surface area contributed by atoms with Crippen LogP contribution in [0, 0.1) is 0 Å². The van der Waals surface area contributed by atoms with Crippen LogP contribution in [0.5, 0.6) is 0 Å². The lowest BCUT2D eigenvalue weighted by atomic mass is 9.88. The van der Waals surface area contributed by atoms with Gasteiger partial charge in [0.15, 0.2) is 0 Å². The van der Waals surface area contributed by atoms with Gasteiger partial charge in [-0.3, -0.25) is 0 Å². The molecule has 0 nitrogen and oxygen atoms in total. The Balaban J connectivity index is 2.41. The van der Waals surface area contributed by atoms with Crippen molar-refractivity contribution in [3.63, 3.8) is 0 Å². The van der Waals surface area contributed by atoms with Crippen LogP contribution in [-0.4, -0.2) is 0 Å². The standard InChI is InChI=1S/C11H6/c1-5-2-3-6-10-7-4-8(7)11(6)9(5)10/h2-3H,1,4H2. The molecule has 0 fully saturated rings. The Morgan fingerprint density at radius 1 is 1.09 bits per heavy atom. The minimum absolute atomic E-state index is 1.22. The highest BCUT2D eigenvalue weighted by Crippen LogP contribution is 2.63. The lowest BCUT2D eigenvalue weighted by molar-refractivity contribution is 1.52. The van der Waals surface area contributed by atoms with Crippen molar-refractivity contribution in [3.05, 3.63) is 28.5 Å². The second-order valence-corrected chi connectivity index (χ2v) is 3.53. The molecule has 0 amide bonds. The highest BCUT2D eigenvalue weighted by Gasteiger charge is 2.41. The highest BCUT2D eigenvalue weighted by atomic mass is 14.4. The number of benzene rings is 2. The van der Waals surface area contributed by atoms with Gasteiger partial charge in [-0.05, 0) is 44.7 Å². The van der Waals surface area contributed by atoms with Gasteiger partial charge in [0.25, 0.3) is 0 Å². The summed E-state index contributed by atoms with van der Waals surface area (Å²) in [7, 11) is 0. The van der Waals surface area contributed by atoms with E-state index in [2.05, 4.69) is 18.7 Å². The van der Waals surface area contributed by atoms with Crippen LogP contribution in [0.3, 0.4) is 0 Å². The number of rotatable bonds is 0. The van der Waals surface area contributed by atoms with E-state index in [-0.39, 0.29) is 0 Å². The van der Waals surface area contributed by atoms with Crippen LogP contribution in [0.15, 0.2) is 12.1 Å². The van der Waals surface area contributed by atoms with Crippen LogP contribution in [-0.2, 0) is 0 Å². The molecule has 0 saturated heterocycles. The van der Waals surface area contributed by atoms with E-state index < -0.39 is 0 Å². The van der Waals surface area contributed by atoms with Gasteiger partial charge in [-0.1, -0.05) is 18.7 Å². The van der Waals surface area contributed by atoms with E-state index in [9.17, 15) is 0 Å². The smallest absolute Gasteiger partial charge is 0.000683 e. The van der Waals surface area contributed by atoms with Crippen molar-refractivity contribution in [3.8, 4) is 0 Å². The first-order chi connectivity index (χ1) is 5.38. The summed E-state index contributed by atoms with van der Waals surface area (Å²) in [5.41, 5.74) is 6.33. The Morgan fingerprint density at radius 3 is 2.36 bits per heavy atom. The summed E-state index contributed by atoms with van der Waals surface area (Å²) in [6, 6.07) is 4.34. The van der Waals surface area contributed by atoms with E-state index in [1.807, 2.05) is 0 Å². The minimum atomic E-state index is 1.22. The van der Waals surface area contributed by atoms with Crippen LogP contribution in [0.2, 0.25) is 0 Å². The molecule has 0 unspecified atom stereocenters. The van der Waals surface area contributed by atoms with Crippen LogP contribution < -0.4 is 5.22 Å². The molecule has 3 aromatic rings. The minimum Gasteiger partial charge on any atom is -0.0911 e. The van der Waals surface area contributed by atoms with Crippen molar-refractivity contribution in [2.75, 3.05) is 0 Å². The quantitative estimate of drug-likeness (QED) is 0.522. The van der Waals surface area contributed by atoms with Crippen molar-refractivity contribution in [1.29, 1.82) is 0 Å². The second kappa shape index (κ2) is 1.00. The lowest BCUT2D eigenvalue weighted by Gasteiger charge is -2.15. The van der Waals surface area contributed by atoms with Crippen LogP contribution in [0.25, 0.3) is 28.5 Å². The summed E-state index contributed by atoms with van der Waals surface area (Å²) in [5, 5.41) is 4.19. The molecule has 11 heavy (non-hydrogen) atoms. The van der Waals surface area contributed by atoms with Gasteiger partial charge >= 0.3 is 0 Å². The number of hydrogen-bond acceptors (Lipinski definition) is 0. The Morgan fingerprint density at radius 2 is 1.82 bits per heavy atom. The van der Waals surface area contributed by atoms with Crippen molar-refractivity contribution < 1.29 is 0 Å². The van der Waals surface area contributed by atoms with Gasteiger partial charge in [0.2, 0.25) is 0 Å². The van der Waals surface area contributed by atoms with Gasteiger partial charge in [-0.2, -0.15) is 0 Å². The van der Waals surface area contributed by atoms with Gasteiger partial charge < -0.3 is 0 Å². The van der Waals surface area contributed by atoms with Crippen LogP contribution >= 0.6 is 0 Å². The molecule has 0 radical (unpaired) electrons. The SMILES string of the molecule is C=c1ccc2c3c1c2C1=C3C1. The van der Waals surface area contributed by atoms with Crippen molar-refractivity contribution in [2.45, 2.75) is 6.42 Å². The highest BCUT2D eigenvalue weighted by molar-refractivity contribution is 6.33. The maximum Gasteiger partial charge on any atom is -0.000683 e. The first-order valence-corrected chi connectivity index (χ1v) is 3.97. The monoisotopic (exact) mass is 138 g/mol. The van der Waals surface area contributed by atoms with Crippen molar-refractivity contribution in [1.82, 2.24) is 0 Å². The zero-order chi connectivity index (χ0) is 7.16. The molecular formula is C11H6. The molecule has 0 heteroatoms. The molecule has 3 aliphatic carbocycles. The normalized spacial score (nSPS) is 18.5. The Bertz CT molecular complexity index is 527. The molecule has 3 aromatic carbocycles. The van der Waals surface area contributed by atoms with E-state index in [1.54, 1.807) is 22.3 Å². The summed E-state index contributed by atoms with van der Waals surface area (Å²) in [5.74, 6) is 0. The zero-order valence-electron chi connectivity index (χ0n) is 6.07. The third-order valence-electron chi connectivity index (χ3n) is 3.01. The maximum absolute atomic E-state index is 4.02. The molecule has 0 aromatic heterocycles. The van der Waals surface area contributed by atoms with Gasteiger partial charge in [-0.25, -0.2) is 0 Å². The number of hydrogen-bond donors (Lipinski definition) is 0. The topological polar surface area (TPSA) is 0 Å². The van der Waals surface area contributed by atoms with Crippen LogP contribution in [0.1, 0.15) is 17.5 Å².